The Kier molecular flexibility index (Phi) is 8.56. The molecule has 3 aliphatic rings. The van der Waals surface area contributed by atoms with Crippen molar-refractivity contribution in [2.24, 2.45) is 11.3 Å². The number of hydrogen-bond acceptors (Lipinski definition) is 3. The van der Waals surface area contributed by atoms with Gasteiger partial charge in [0.2, 0.25) is 11.8 Å². The third kappa shape index (κ3) is 6.28. The molecule has 1 aliphatic carbocycles. The van der Waals surface area contributed by atoms with Crippen LogP contribution in [0.15, 0.2) is 59.1 Å². The molecule has 0 radical (unpaired) electrons. The highest BCUT2D eigenvalue weighted by atomic mass is 79.9. The van der Waals surface area contributed by atoms with Gasteiger partial charge in [0.05, 0.1) is 11.5 Å². The van der Waals surface area contributed by atoms with Crippen molar-refractivity contribution in [1.82, 2.24) is 15.1 Å². The molecule has 2 aliphatic heterocycles. The molecule has 1 N–H and O–H groups in total. The van der Waals surface area contributed by atoms with Crippen molar-refractivity contribution in [2.45, 2.75) is 51.1 Å². The zero-order valence-corrected chi connectivity index (χ0v) is 22.5. The van der Waals surface area contributed by atoms with E-state index in [1.165, 1.54) is 11.1 Å². The van der Waals surface area contributed by atoms with Gasteiger partial charge in [-0.2, -0.15) is 0 Å². The van der Waals surface area contributed by atoms with Crippen LogP contribution in [0.4, 0.5) is 0 Å². The molecule has 35 heavy (non-hydrogen) atoms. The van der Waals surface area contributed by atoms with E-state index in [0.717, 1.165) is 69.2 Å². The van der Waals surface area contributed by atoms with E-state index in [1.807, 2.05) is 30.3 Å². The van der Waals surface area contributed by atoms with Crippen LogP contribution in [0.3, 0.4) is 0 Å². The molecular weight excluding hydrogens is 526 g/mol. The Hall–Kier alpha value is -1.89. The summed E-state index contributed by atoms with van der Waals surface area (Å²) in [6, 6.07) is 18.7. The van der Waals surface area contributed by atoms with Gasteiger partial charge in [-0.15, -0.1) is 12.4 Å². The monoisotopic (exact) mass is 559 g/mol. The normalized spacial score (nSPS) is 20.5. The summed E-state index contributed by atoms with van der Waals surface area (Å²) in [6.07, 6.45) is 5.79. The fourth-order valence-corrected chi connectivity index (χ4v) is 5.74. The van der Waals surface area contributed by atoms with Crippen LogP contribution in [0, 0.1) is 11.3 Å². The first-order valence-corrected chi connectivity index (χ1v) is 13.4. The van der Waals surface area contributed by atoms with Crippen LogP contribution in [0.5, 0.6) is 0 Å². The van der Waals surface area contributed by atoms with Gasteiger partial charge in [-0.1, -0.05) is 58.4 Å². The number of amides is 2. The fraction of sp³-hybridized carbons (Fsp3) is 0.500. The van der Waals surface area contributed by atoms with E-state index in [0.29, 0.717) is 12.5 Å². The van der Waals surface area contributed by atoms with E-state index >= 15 is 0 Å². The van der Waals surface area contributed by atoms with Crippen molar-refractivity contribution in [3.05, 3.63) is 70.2 Å². The largest absolute Gasteiger partial charge is 0.349 e. The van der Waals surface area contributed by atoms with E-state index in [-0.39, 0.29) is 35.7 Å². The number of rotatable bonds is 8. The first-order valence-electron chi connectivity index (χ1n) is 12.6. The van der Waals surface area contributed by atoms with Crippen molar-refractivity contribution >= 4 is 40.2 Å². The molecule has 188 valence electrons. The third-order valence-electron chi connectivity index (χ3n) is 7.90. The van der Waals surface area contributed by atoms with Crippen LogP contribution in [0.1, 0.15) is 55.7 Å². The summed E-state index contributed by atoms with van der Waals surface area (Å²) in [5.41, 5.74) is 2.19. The van der Waals surface area contributed by atoms with Gasteiger partial charge in [-0.05, 0) is 74.9 Å². The summed E-state index contributed by atoms with van der Waals surface area (Å²) in [5.74, 6) is 0.762. The average Bonchev–Trinajstić information content (AvgIpc) is 3.68. The molecule has 2 saturated heterocycles. The van der Waals surface area contributed by atoms with Crippen molar-refractivity contribution < 1.29 is 9.59 Å². The summed E-state index contributed by atoms with van der Waals surface area (Å²) in [4.78, 5) is 30.3. The van der Waals surface area contributed by atoms with Crippen molar-refractivity contribution in [3.63, 3.8) is 0 Å². The van der Waals surface area contributed by atoms with Crippen LogP contribution < -0.4 is 5.32 Å². The Morgan fingerprint density at radius 2 is 1.66 bits per heavy atom. The van der Waals surface area contributed by atoms with E-state index in [9.17, 15) is 9.59 Å². The molecule has 2 aromatic carbocycles. The second kappa shape index (κ2) is 11.4. The Morgan fingerprint density at radius 3 is 2.31 bits per heavy atom. The van der Waals surface area contributed by atoms with Crippen LogP contribution >= 0.6 is 28.3 Å². The highest BCUT2D eigenvalue weighted by Crippen LogP contribution is 2.42. The maximum absolute atomic E-state index is 13.4. The number of likely N-dealkylation sites (tertiary alicyclic amines) is 2. The van der Waals surface area contributed by atoms with Crippen LogP contribution in [-0.4, -0.2) is 47.8 Å². The first-order chi connectivity index (χ1) is 16.5. The average molecular weight is 561 g/mol. The maximum atomic E-state index is 13.4. The minimum atomic E-state index is -0.176. The number of carbonyl (C=O) groups excluding carboxylic acids is 2. The number of nitrogens with one attached hydrogen (secondary N) is 1. The van der Waals surface area contributed by atoms with Gasteiger partial charge in [0.1, 0.15) is 0 Å². The molecule has 5 rings (SSSR count). The van der Waals surface area contributed by atoms with E-state index < -0.39 is 0 Å². The molecular formula is C28H35BrClN3O2. The Morgan fingerprint density at radius 1 is 1.00 bits per heavy atom. The molecule has 0 bridgehead atoms. The first kappa shape index (κ1) is 26.2. The molecule has 7 heteroatoms. The topological polar surface area (TPSA) is 52.7 Å². The predicted molar refractivity (Wildman–Crippen MR) is 144 cm³/mol. The summed E-state index contributed by atoms with van der Waals surface area (Å²) in [7, 11) is 0. The van der Waals surface area contributed by atoms with E-state index in [4.69, 9.17) is 0 Å². The van der Waals surface area contributed by atoms with Gasteiger partial charge in [-0.25, -0.2) is 0 Å². The second-order valence-corrected chi connectivity index (χ2v) is 11.2. The highest BCUT2D eigenvalue weighted by molar-refractivity contribution is 9.10. The molecule has 1 spiro atoms. The zero-order chi connectivity index (χ0) is 23.5. The molecule has 3 fully saturated rings. The molecule has 2 aromatic rings. The molecule has 5 nitrogen and oxygen atoms in total. The molecule has 1 unspecified atom stereocenters. The number of piperidine rings is 1. The SMILES string of the molecule is Cl.O=C(NC(CCN1CCC2(CC1)CCN(Cc1ccc(Br)cc1)C2=O)c1ccccc1)C1CC1. The summed E-state index contributed by atoms with van der Waals surface area (Å²) >= 11 is 3.48. The number of carbonyl (C=O) groups is 2. The minimum absolute atomic E-state index is 0. The van der Waals surface area contributed by atoms with Gasteiger partial charge in [0.25, 0.3) is 0 Å². The van der Waals surface area contributed by atoms with Gasteiger partial charge in [0, 0.05) is 30.0 Å². The van der Waals surface area contributed by atoms with Gasteiger partial charge in [0.15, 0.2) is 0 Å². The van der Waals surface area contributed by atoms with Crippen LogP contribution in [0.2, 0.25) is 0 Å². The molecule has 2 amide bonds. The van der Waals surface area contributed by atoms with E-state index in [2.05, 4.69) is 55.3 Å². The Labute approximate surface area is 223 Å². The zero-order valence-electron chi connectivity index (χ0n) is 20.1. The van der Waals surface area contributed by atoms with Crippen molar-refractivity contribution in [1.29, 1.82) is 0 Å². The lowest BCUT2D eigenvalue weighted by Gasteiger charge is -2.38. The highest BCUT2D eigenvalue weighted by Gasteiger charge is 2.47. The fourth-order valence-electron chi connectivity index (χ4n) is 5.48. The summed E-state index contributed by atoms with van der Waals surface area (Å²) in [5, 5.41) is 3.29. The lowest BCUT2D eigenvalue weighted by atomic mass is 9.77. The molecule has 1 atom stereocenters. The minimum Gasteiger partial charge on any atom is -0.349 e. The van der Waals surface area contributed by atoms with Crippen LogP contribution in [-0.2, 0) is 16.1 Å². The molecule has 1 saturated carbocycles. The number of nitrogens with zero attached hydrogens (tertiary/aromatic N) is 2. The smallest absolute Gasteiger partial charge is 0.229 e. The lowest BCUT2D eigenvalue weighted by Crippen LogP contribution is -2.45. The summed E-state index contributed by atoms with van der Waals surface area (Å²) in [6.45, 7) is 4.42. The standard InChI is InChI=1S/C28H34BrN3O2.ClH/c29-24-10-6-21(7-11-24)20-32-19-15-28(27(32)34)13-17-31(18-14-28)16-12-25(22-4-2-1-3-5-22)30-26(33)23-8-9-23;/h1-7,10-11,23,25H,8-9,12-20H2,(H,30,33);1H. The van der Waals surface area contributed by atoms with Crippen molar-refractivity contribution in [2.75, 3.05) is 26.2 Å². The lowest BCUT2D eigenvalue weighted by molar-refractivity contribution is -0.139. The second-order valence-electron chi connectivity index (χ2n) is 10.3. The third-order valence-corrected chi connectivity index (χ3v) is 8.43. The van der Waals surface area contributed by atoms with Gasteiger partial charge >= 0.3 is 0 Å². The van der Waals surface area contributed by atoms with E-state index in [1.54, 1.807) is 0 Å². The maximum Gasteiger partial charge on any atom is 0.229 e. The van der Waals surface area contributed by atoms with Crippen molar-refractivity contribution in [3.8, 4) is 0 Å². The molecule has 0 aromatic heterocycles. The summed E-state index contributed by atoms with van der Waals surface area (Å²) < 4.78 is 1.06. The number of hydrogen-bond donors (Lipinski definition) is 1. The Balaban J connectivity index is 0.00000289. The van der Waals surface area contributed by atoms with Crippen LogP contribution in [0.25, 0.3) is 0 Å². The van der Waals surface area contributed by atoms with Gasteiger partial charge in [-0.3, -0.25) is 9.59 Å². The molecule has 2 heterocycles. The Bertz CT molecular complexity index is 1000. The number of benzene rings is 2. The predicted octanol–water partition coefficient (Wildman–Crippen LogP) is 5.34. The number of halogens is 2. The quantitative estimate of drug-likeness (QED) is 0.474. The van der Waals surface area contributed by atoms with Gasteiger partial charge < -0.3 is 15.1 Å².